The standard InChI is InChI=1S/C20H21NO3S/c22-19(21-18(20(23)24)14-7-2-1-3-8-14)17(12-25)16-11-10-13-6-4-5-9-15(13)16/h1-9,16-18,25H,10-12H2,(H,21,22)(H,23,24)/t16?,17?,18-/m1/s1. The van der Waals surface area contributed by atoms with E-state index in [1.807, 2.05) is 18.2 Å². The maximum Gasteiger partial charge on any atom is 0.330 e. The summed E-state index contributed by atoms with van der Waals surface area (Å²) in [4.78, 5) is 24.5. The van der Waals surface area contributed by atoms with Crippen molar-refractivity contribution in [2.75, 3.05) is 5.75 Å². The minimum Gasteiger partial charge on any atom is -0.479 e. The van der Waals surface area contributed by atoms with E-state index >= 15 is 0 Å². The van der Waals surface area contributed by atoms with Gasteiger partial charge < -0.3 is 10.4 Å². The van der Waals surface area contributed by atoms with Crippen molar-refractivity contribution in [3.63, 3.8) is 0 Å². The van der Waals surface area contributed by atoms with E-state index in [0.29, 0.717) is 11.3 Å². The molecular weight excluding hydrogens is 334 g/mol. The molecule has 0 fully saturated rings. The number of fused-ring (bicyclic) bond motifs is 1. The van der Waals surface area contributed by atoms with E-state index < -0.39 is 12.0 Å². The first-order chi connectivity index (χ1) is 12.1. The van der Waals surface area contributed by atoms with Gasteiger partial charge in [0.15, 0.2) is 6.04 Å². The predicted octanol–water partition coefficient (Wildman–Crippen LogP) is 3.20. The molecule has 0 spiro atoms. The third kappa shape index (κ3) is 3.71. The van der Waals surface area contributed by atoms with Gasteiger partial charge in [0, 0.05) is 5.75 Å². The Bertz CT molecular complexity index is 763. The Hall–Kier alpha value is -2.27. The second kappa shape index (κ2) is 7.74. The van der Waals surface area contributed by atoms with Crippen LogP contribution in [-0.4, -0.2) is 22.7 Å². The molecule has 1 aliphatic carbocycles. The largest absolute Gasteiger partial charge is 0.479 e. The number of nitrogens with one attached hydrogen (secondary N) is 1. The first-order valence-corrected chi connectivity index (χ1v) is 9.02. The summed E-state index contributed by atoms with van der Waals surface area (Å²) in [6.45, 7) is 0. The average Bonchev–Trinajstić information content (AvgIpc) is 3.05. The van der Waals surface area contributed by atoms with E-state index in [0.717, 1.165) is 12.8 Å². The fraction of sp³-hybridized carbons (Fsp3) is 0.300. The molecule has 0 saturated heterocycles. The van der Waals surface area contributed by atoms with E-state index in [2.05, 4.69) is 30.1 Å². The third-order valence-corrected chi connectivity index (χ3v) is 5.26. The molecular formula is C20H21NO3S. The summed E-state index contributed by atoms with van der Waals surface area (Å²) in [7, 11) is 0. The summed E-state index contributed by atoms with van der Waals surface area (Å²) >= 11 is 4.37. The molecule has 2 N–H and O–H groups in total. The monoisotopic (exact) mass is 355 g/mol. The number of thiol groups is 1. The Kier molecular flexibility index (Phi) is 5.43. The number of rotatable bonds is 6. The van der Waals surface area contributed by atoms with Crippen LogP contribution in [0.1, 0.15) is 35.1 Å². The van der Waals surface area contributed by atoms with Gasteiger partial charge in [0.1, 0.15) is 0 Å². The Morgan fingerprint density at radius 3 is 2.48 bits per heavy atom. The molecule has 2 aromatic rings. The molecule has 1 amide bonds. The fourth-order valence-corrected chi connectivity index (χ4v) is 4.00. The molecule has 0 aliphatic heterocycles. The summed E-state index contributed by atoms with van der Waals surface area (Å²) in [5, 5.41) is 12.2. The van der Waals surface area contributed by atoms with Crippen LogP contribution in [0.5, 0.6) is 0 Å². The van der Waals surface area contributed by atoms with Crippen LogP contribution in [0, 0.1) is 5.92 Å². The Morgan fingerprint density at radius 2 is 1.80 bits per heavy atom. The topological polar surface area (TPSA) is 66.4 Å². The predicted molar refractivity (Wildman–Crippen MR) is 99.8 cm³/mol. The number of carboxylic acid groups (broad SMARTS) is 1. The molecule has 2 aromatic carbocycles. The molecule has 130 valence electrons. The molecule has 0 saturated carbocycles. The zero-order chi connectivity index (χ0) is 17.8. The number of aryl methyl sites for hydroxylation is 1. The summed E-state index contributed by atoms with van der Waals surface area (Å²) in [6.07, 6.45) is 1.83. The quantitative estimate of drug-likeness (QED) is 0.697. The zero-order valence-corrected chi connectivity index (χ0v) is 14.7. The molecule has 4 nitrogen and oxygen atoms in total. The molecule has 25 heavy (non-hydrogen) atoms. The van der Waals surface area contributed by atoms with Gasteiger partial charge in [-0.3, -0.25) is 4.79 Å². The van der Waals surface area contributed by atoms with Crippen molar-refractivity contribution in [2.45, 2.75) is 24.8 Å². The lowest BCUT2D eigenvalue weighted by atomic mass is 9.87. The van der Waals surface area contributed by atoms with Gasteiger partial charge >= 0.3 is 5.97 Å². The molecule has 3 rings (SSSR count). The average molecular weight is 355 g/mol. The number of carboxylic acids is 1. The van der Waals surface area contributed by atoms with Crippen LogP contribution in [0.2, 0.25) is 0 Å². The first-order valence-electron chi connectivity index (χ1n) is 8.38. The minimum absolute atomic E-state index is 0.0823. The van der Waals surface area contributed by atoms with Crippen molar-refractivity contribution in [3.05, 3.63) is 71.3 Å². The van der Waals surface area contributed by atoms with Crippen LogP contribution < -0.4 is 5.32 Å². The van der Waals surface area contributed by atoms with E-state index in [4.69, 9.17) is 0 Å². The van der Waals surface area contributed by atoms with Gasteiger partial charge in [-0.2, -0.15) is 12.6 Å². The molecule has 3 atom stereocenters. The molecule has 0 aromatic heterocycles. The van der Waals surface area contributed by atoms with Crippen molar-refractivity contribution >= 4 is 24.5 Å². The lowest BCUT2D eigenvalue weighted by Gasteiger charge is -2.24. The van der Waals surface area contributed by atoms with Crippen LogP contribution in [0.15, 0.2) is 54.6 Å². The number of carbonyl (C=O) groups excluding carboxylic acids is 1. The molecule has 1 aliphatic rings. The first kappa shape index (κ1) is 17.5. The SMILES string of the molecule is O=C(N[C@@H](C(=O)O)c1ccccc1)C(CS)C1CCc2ccccc21. The molecule has 5 heteroatoms. The van der Waals surface area contributed by atoms with Gasteiger partial charge in [-0.1, -0.05) is 54.6 Å². The molecule has 0 radical (unpaired) electrons. The van der Waals surface area contributed by atoms with Crippen LogP contribution in [0.4, 0.5) is 0 Å². The van der Waals surface area contributed by atoms with Crippen LogP contribution >= 0.6 is 12.6 Å². The van der Waals surface area contributed by atoms with Gasteiger partial charge in [-0.15, -0.1) is 0 Å². The van der Waals surface area contributed by atoms with Crippen LogP contribution in [-0.2, 0) is 16.0 Å². The summed E-state index contributed by atoms with van der Waals surface area (Å²) in [5.74, 6) is -1.21. The van der Waals surface area contributed by atoms with E-state index in [1.165, 1.54) is 11.1 Å². The minimum atomic E-state index is -1.07. The van der Waals surface area contributed by atoms with Crippen LogP contribution in [0.3, 0.4) is 0 Å². The van der Waals surface area contributed by atoms with Gasteiger partial charge in [0.2, 0.25) is 5.91 Å². The maximum absolute atomic E-state index is 12.8. The third-order valence-electron chi connectivity index (χ3n) is 4.86. The normalized spacial score (nSPS) is 18.2. The van der Waals surface area contributed by atoms with Gasteiger partial charge in [-0.05, 0) is 35.4 Å². The second-order valence-electron chi connectivity index (χ2n) is 6.32. The van der Waals surface area contributed by atoms with Crippen molar-refractivity contribution in [3.8, 4) is 0 Å². The van der Waals surface area contributed by atoms with Crippen LogP contribution in [0.25, 0.3) is 0 Å². The lowest BCUT2D eigenvalue weighted by Crippen LogP contribution is -2.40. The van der Waals surface area contributed by atoms with E-state index in [9.17, 15) is 14.7 Å². The van der Waals surface area contributed by atoms with Crippen molar-refractivity contribution in [2.24, 2.45) is 5.92 Å². The zero-order valence-electron chi connectivity index (χ0n) is 13.8. The number of hydrogen-bond acceptors (Lipinski definition) is 3. The fourth-order valence-electron chi connectivity index (χ4n) is 3.58. The molecule has 2 unspecified atom stereocenters. The van der Waals surface area contributed by atoms with Crippen molar-refractivity contribution in [1.29, 1.82) is 0 Å². The highest BCUT2D eigenvalue weighted by atomic mass is 32.1. The maximum atomic E-state index is 12.8. The summed E-state index contributed by atoms with van der Waals surface area (Å²) < 4.78 is 0. The van der Waals surface area contributed by atoms with Crippen molar-refractivity contribution < 1.29 is 14.7 Å². The smallest absolute Gasteiger partial charge is 0.330 e. The Morgan fingerprint density at radius 1 is 1.12 bits per heavy atom. The number of aliphatic carboxylic acids is 1. The highest BCUT2D eigenvalue weighted by Crippen LogP contribution is 2.39. The summed E-state index contributed by atoms with van der Waals surface area (Å²) in [6, 6.07) is 15.8. The highest BCUT2D eigenvalue weighted by Gasteiger charge is 2.35. The van der Waals surface area contributed by atoms with Gasteiger partial charge in [0.05, 0.1) is 5.92 Å². The van der Waals surface area contributed by atoms with Crippen molar-refractivity contribution in [1.82, 2.24) is 5.32 Å². The number of amides is 1. The second-order valence-corrected chi connectivity index (χ2v) is 6.69. The van der Waals surface area contributed by atoms with E-state index in [1.54, 1.807) is 24.3 Å². The Balaban J connectivity index is 1.80. The lowest BCUT2D eigenvalue weighted by molar-refractivity contribution is -0.142. The number of hydrogen-bond donors (Lipinski definition) is 3. The highest BCUT2D eigenvalue weighted by molar-refractivity contribution is 7.80. The number of carbonyl (C=O) groups is 2. The summed E-state index contributed by atoms with van der Waals surface area (Å²) in [5.41, 5.74) is 3.02. The van der Waals surface area contributed by atoms with E-state index in [-0.39, 0.29) is 17.7 Å². The molecule has 0 bridgehead atoms. The van der Waals surface area contributed by atoms with Gasteiger partial charge in [-0.25, -0.2) is 4.79 Å². The number of benzene rings is 2. The van der Waals surface area contributed by atoms with Gasteiger partial charge in [0.25, 0.3) is 0 Å². The molecule has 0 heterocycles. The Labute approximate surface area is 152 Å².